The predicted octanol–water partition coefficient (Wildman–Crippen LogP) is 7.41. The van der Waals surface area contributed by atoms with E-state index in [0.29, 0.717) is 0 Å². The number of thioether (sulfide) groups is 1. The number of allylic oxidation sites excluding steroid dienone is 1. The smallest absolute Gasteiger partial charge is 0.185 e. The average molecular weight is 417 g/mol. The highest BCUT2D eigenvalue weighted by molar-refractivity contribution is 9.10. The molecule has 0 atom stereocenters. The molecule has 0 unspecified atom stereocenters. The highest BCUT2D eigenvalue weighted by atomic mass is 79.9. The van der Waals surface area contributed by atoms with E-state index < -0.39 is 0 Å². The van der Waals surface area contributed by atoms with Gasteiger partial charge in [-0.25, -0.2) is 0 Å². The van der Waals surface area contributed by atoms with E-state index in [2.05, 4.69) is 35.0 Å². The van der Waals surface area contributed by atoms with Crippen LogP contribution in [-0.2, 0) is 0 Å². The lowest BCUT2D eigenvalue weighted by Gasteiger charge is -2.03. The van der Waals surface area contributed by atoms with Gasteiger partial charge in [0.1, 0.15) is 0 Å². The Kier molecular flexibility index (Phi) is 9.06. The number of hydrogen-bond donors (Lipinski definition) is 0. The molecule has 0 saturated carbocycles. The summed E-state index contributed by atoms with van der Waals surface area (Å²) in [6.07, 6.45) is 10.0. The van der Waals surface area contributed by atoms with Gasteiger partial charge in [0.15, 0.2) is 5.78 Å². The van der Waals surface area contributed by atoms with E-state index >= 15 is 0 Å². The Morgan fingerprint density at radius 2 is 1.80 bits per heavy atom. The highest BCUT2D eigenvalue weighted by Gasteiger charge is 2.02. The van der Waals surface area contributed by atoms with Gasteiger partial charge < -0.3 is 0 Å². The van der Waals surface area contributed by atoms with Crippen molar-refractivity contribution in [2.75, 3.05) is 5.75 Å². The van der Waals surface area contributed by atoms with Gasteiger partial charge in [-0.1, -0.05) is 66.7 Å². The lowest BCUT2D eigenvalue weighted by atomic mass is 10.1. The maximum Gasteiger partial charge on any atom is 0.185 e. The molecule has 0 saturated heterocycles. The molecule has 1 nitrogen and oxygen atoms in total. The van der Waals surface area contributed by atoms with Crippen molar-refractivity contribution in [3.05, 3.63) is 70.2 Å². The summed E-state index contributed by atoms with van der Waals surface area (Å²) in [5.41, 5.74) is 1.75. The molecule has 0 aliphatic heterocycles. The van der Waals surface area contributed by atoms with Gasteiger partial charge in [-0.05, 0) is 60.2 Å². The Morgan fingerprint density at radius 1 is 1.04 bits per heavy atom. The quantitative estimate of drug-likeness (QED) is 0.173. The zero-order valence-electron chi connectivity index (χ0n) is 14.7. The molecule has 0 spiro atoms. The summed E-state index contributed by atoms with van der Waals surface area (Å²) in [6, 6.07) is 15.9. The lowest BCUT2D eigenvalue weighted by molar-refractivity contribution is 0.104. The Bertz CT molecular complexity index is 691. The Morgan fingerprint density at radius 3 is 2.52 bits per heavy atom. The van der Waals surface area contributed by atoms with Gasteiger partial charge >= 0.3 is 0 Å². The minimum atomic E-state index is 0.0380. The van der Waals surface area contributed by atoms with Crippen LogP contribution in [0, 0.1) is 0 Å². The van der Waals surface area contributed by atoms with Crippen molar-refractivity contribution in [1.82, 2.24) is 0 Å². The number of rotatable bonds is 10. The van der Waals surface area contributed by atoms with Gasteiger partial charge in [0, 0.05) is 14.9 Å². The molecule has 3 heteroatoms. The molecule has 0 radical (unpaired) electrons. The first-order chi connectivity index (χ1) is 12.2. The zero-order valence-corrected chi connectivity index (χ0v) is 17.1. The van der Waals surface area contributed by atoms with Crippen LogP contribution in [0.25, 0.3) is 6.08 Å². The third-order valence-electron chi connectivity index (χ3n) is 3.93. The molecule has 0 amide bonds. The molecular weight excluding hydrogens is 392 g/mol. The SMILES string of the molecule is CCCCCCCSc1ccc(C(=O)/C=C/c2cccc(Br)c2)cc1. The maximum absolute atomic E-state index is 12.3. The van der Waals surface area contributed by atoms with Crippen molar-refractivity contribution in [2.24, 2.45) is 0 Å². The third-order valence-corrected chi connectivity index (χ3v) is 5.52. The van der Waals surface area contributed by atoms with Crippen LogP contribution in [0.3, 0.4) is 0 Å². The average Bonchev–Trinajstić information content (AvgIpc) is 2.63. The summed E-state index contributed by atoms with van der Waals surface area (Å²) in [4.78, 5) is 13.5. The second-order valence-electron chi connectivity index (χ2n) is 6.04. The topological polar surface area (TPSA) is 17.1 Å². The van der Waals surface area contributed by atoms with Crippen LogP contribution >= 0.6 is 27.7 Å². The molecule has 0 N–H and O–H groups in total. The van der Waals surface area contributed by atoms with E-state index in [0.717, 1.165) is 21.4 Å². The summed E-state index contributed by atoms with van der Waals surface area (Å²) >= 11 is 5.32. The van der Waals surface area contributed by atoms with Crippen molar-refractivity contribution in [3.63, 3.8) is 0 Å². The molecule has 2 aromatic carbocycles. The molecule has 0 aromatic heterocycles. The first-order valence-corrected chi connectivity index (χ1v) is 10.7. The van der Waals surface area contributed by atoms with Crippen molar-refractivity contribution in [1.29, 1.82) is 0 Å². The highest BCUT2D eigenvalue weighted by Crippen LogP contribution is 2.21. The second-order valence-corrected chi connectivity index (χ2v) is 8.12. The Hall–Kier alpha value is -1.32. The Balaban J connectivity index is 1.81. The molecule has 0 fully saturated rings. The Labute approximate surface area is 164 Å². The second kappa shape index (κ2) is 11.3. The van der Waals surface area contributed by atoms with Crippen LogP contribution in [0.4, 0.5) is 0 Å². The van der Waals surface area contributed by atoms with Crippen molar-refractivity contribution >= 4 is 39.6 Å². The number of benzene rings is 2. The lowest BCUT2D eigenvalue weighted by Crippen LogP contribution is -1.93. The van der Waals surface area contributed by atoms with Gasteiger partial charge in [0.2, 0.25) is 0 Å². The van der Waals surface area contributed by atoms with E-state index in [1.807, 2.05) is 54.2 Å². The van der Waals surface area contributed by atoms with E-state index in [1.165, 1.54) is 37.0 Å². The summed E-state index contributed by atoms with van der Waals surface area (Å²) in [7, 11) is 0. The van der Waals surface area contributed by atoms with E-state index in [4.69, 9.17) is 0 Å². The summed E-state index contributed by atoms with van der Waals surface area (Å²) in [5.74, 6) is 1.19. The minimum absolute atomic E-state index is 0.0380. The number of carbonyl (C=O) groups excluding carboxylic acids is 1. The number of carbonyl (C=O) groups is 1. The van der Waals surface area contributed by atoms with Crippen molar-refractivity contribution in [3.8, 4) is 0 Å². The maximum atomic E-state index is 12.3. The molecule has 0 aliphatic rings. The van der Waals surface area contributed by atoms with Crippen LogP contribution in [0.1, 0.15) is 54.9 Å². The fraction of sp³-hybridized carbons (Fsp3) is 0.318. The molecule has 25 heavy (non-hydrogen) atoms. The molecule has 132 valence electrons. The first kappa shape index (κ1) is 20.0. The monoisotopic (exact) mass is 416 g/mol. The zero-order chi connectivity index (χ0) is 17.9. The third kappa shape index (κ3) is 7.62. The van der Waals surface area contributed by atoms with Crippen LogP contribution in [0.5, 0.6) is 0 Å². The van der Waals surface area contributed by atoms with Crippen molar-refractivity contribution in [2.45, 2.75) is 43.9 Å². The predicted molar refractivity (Wildman–Crippen MR) is 113 cm³/mol. The van der Waals surface area contributed by atoms with Crippen LogP contribution in [0.15, 0.2) is 64.0 Å². The number of halogens is 1. The van der Waals surface area contributed by atoms with Gasteiger partial charge in [-0.15, -0.1) is 11.8 Å². The van der Waals surface area contributed by atoms with Gasteiger partial charge in [-0.3, -0.25) is 4.79 Å². The van der Waals surface area contributed by atoms with E-state index in [1.54, 1.807) is 6.08 Å². The summed E-state index contributed by atoms with van der Waals surface area (Å²) in [6.45, 7) is 2.24. The van der Waals surface area contributed by atoms with E-state index in [-0.39, 0.29) is 5.78 Å². The standard InChI is InChI=1S/C22H25BrOS/c1-2-3-4-5-6-16-25-21-13-11-19(12-14-21)22(24)15-10-18-8-7-9-20(23)17-18/h7-15,17H,2-6,16H2,1H3/b15-10+. The van der Waals surface area contributed by atoms with Crippen LogP contribution < -0.4 is 0 Å². The summed E-state index contributed by atoms with van der Waals surface area (Å²) in [5, 5.41) is 0. The van der Waals surface area contributed by atoms with Crippen molar-refractivity contribution < 1.29 is 4.79 Å². The van der Waals surface area contributed by atoms with E-state index in [9.17, 15) is 4.79 Å². The molecular formula is C22H25BrOS. The molecule has 0 aliphatic carbocycles. The molecule has 0 bridgehead atoms. The fourth-order valence-electron chi connectivity index (χ4n) is 2.49. The number of hydrogen-bond acceptors (Lipinski definition) is 2. The molecule has 2 rings (SSSR count). The minimum Gasteiger partial charge on any atom is -0.289 e. The van der Waals surface area contributed by atoms with Gasteiger partial charge in [0.25, 0.3) is 0 Å². The van der Waals surface area contributed by atoms with Gasteiger partial charge in [0.05, 0.1) is 0 Å². The summed E-state index contributed by atoms with van der Waals surface area (Å²) < 4.78 is 1.01. The first-order valence-electron chi connectivity index (χ1n) is 8.90. The number of unbranched alkanes of at least 4 members (excludes halogenated alkanes) is 4. The molecule has 2 aromatic rings. The van der Waals surface area contributed by atoms with Crippen LogP contribution in [0.2, 0.25) is 0 Å². The fourth-order valence-corrected chi connectivity index (χ4v) is 3.82. The van der Waals surface area contributed by atoms with Gasteiger partial charge in [-0.2, -0.15) is 0 Å². The largest absolute Gasteiger partial charge is 0.289 e. The number of ketones is 1. The van der Waals surface area contributed by atoms with Crippen LogP contribution in [-0.4, -0.2) is 11.5 Å². The normalized spacial score (nSPS) is 11.1. The molecule has 0 heterocycles.